The first-order valence-electron chi connectivity index (χ1n) is 5.84. The van der Waals surface area contributed by atoms with Crippen LogP contribution in [0.5, 0.6) is 0 Å². The molecule has 1 aromatic rings. The number of rotatable bonds is 3. The van der Waals surface area contributed by atoms with Gasteiger partial charge in [0, 0.05) is 30.0 Å². The SMILES string of the molecule is CC(=O)Nc1cc([N+](=O)[O-])cc(C(=O)C(C)(C)C)c1Cl. The number of nitrogens with one attached hydrogen (secondary N) is 1. The molecule has 0 radical (unpaired) electrons. The van der Waals surface area contributed by atoms with Gasteiger partial charge in [-0.1, -0.05) is 32.4 Å². The van der Waals surface area contributed by atoms with E-state index in [0.29, 0.717) is 0 Å². The highest BCUT2D eigenvalue weighted by Crippen LogP contribution is 2.35. The van der Waals surface area contributed by atoms with E-state index in [1.165, 1.54) is 6.92 Å². The van der Waals surface area contributed by atoms with Gasteiger partial charge in [-0.3, -0.25) is 19.7 Å². The minimum Gasteiger partial charge on any atom is -0.325 e. The standard InChI is InChI=1S/C13H15ClN2O4/c1-7(17)15-10-6-8(16(19)20)5-9(11(10)14)12(18)13(2,3)4/h5-6H,1-4H3,(H,15,17). The number of non-ortho nitro benzene ring substituents is 1. The van der Waals surface area contributed by atoms with Gasteiger partial charge in [0.25, 0.3) is 5.69 Å². The summed E-state index contributed by atoms with van der Waals surface area (Å²) in [6.07, 6.45) is 0. The van der Waals surface area contributed by atoms with Crippen molar-refractivity contribution in [2.45, 2.75) is 27.7 Å². The van der Waals surface area contributed by atoms with Gasteiger partial charge in [-0.2, -0.15) is 0 Å². The molecule has 108 valence electrons. The third-order valence-electron chi connectivity index (χ3n) is 2.50. The van der Waals surface area contributed by atoms with Crippen molar-refractivity contribution in [1.29, 1.82) is 0 Å². The fourth-order valence-electron chi connectivity index (χ4n) is 1.56. The zero-order valence-corrected chi connectivity index (χ0v) is 12.4. The predicted octanol–water partition coefficient (Wildman–Crippen LogP) is 3.44. The number of amides is 1. The van der Waals surface area contributed by atoms with Crippen LogP contribution in [0.15, 0.2) is 12.1 Å². The van der Waals surface area contributed by atoms with E-state index < -0.39 is 16.2 Å². The third-order valence-corrected chi connectivity index (χ3v) is 2.91. The Morgan fingerprint density at radius 3 is 2.25 bits per heavy atom. The van der Waals surface area contributed by atoms with Crippen molar-refractivity contribution in [1.82, 2.24) is 0 Å². The van der Waals surface area contributed by atoms with E-state index in [-0.39, 0.29) is 27.7 Å². The van der Waals surface area contributed by atoms with Crippen LogP contribution in [-0.4, -0.2) is 16.6 Å². The van der Waals surface area contributed by atoms with E-state index >= 15 is 0 Å². The van der Waals surface area contributed by atoms with Gasteiger partial charge < -0.3 is 5.32 Å². The quantitative estimate of drug-likeness (QED) is 0.526. The first kappa shape index (κ1) is 16.1. The number of ketones is 1. The van der Waals surface area contributed by atoms with Crippen molar-refractivity contribution >= 4 is 34.7 Å². The number of carbonyl (C=O) groups is 2. The number of benzene rings is 1. The molecule has 20 heavy (non-hydrogen) atoms. The molecule has 0 atom stereocenters. The highest BCUT2D eigenvalue weighted by Gasteiger charge is 2.28. The van der Waals surface area contributed by atoms with E-state index in [4.69, 9.17) is 11.6 Å². The van der Waals surface area contributed by atoms with Crippen molar-refractivity contribution in [3.8, 4) is 0 Å². The maximum Gasteiger partial charge on any atom is 0.272 e. The van der Waals surface area contributed by atoms with Crippen LogP contribution in [-0.2, 0) is 4.79 Å². The summed E-state index contributed by atoms with van der Waals surface area (Å²) < 4.78 is 0. The Bertz CT molecular complexity index is 591. The minimum absolute atomic E-state index is 0.00530. The summed E-state index contributed by atoms with van der Waals surface area (Å²) in [5.74, 6) is -0.764. The van der Waals surface area contributed by atoms with Crippen LogP contribution in [0.3, 0.4) is 0 Å². The predicted molar refractivity (Wildman–Crippen MR) is 76.2 cm³/mol. The zero-order chi connectivity index (χ0) is 15.7. The highest BCUT2D eigenvalue weighted by atomic mass is 35.5. The lowest BCUT2D eigenvalue weighted by atomic mass is 9.86. The Morgan fingerprint density at radius 2 is 1.85 bits per heavy atom. The maximum absolute atomic E-state index is 12.3. The van der Waals surface area contributed by atoms with E-state index in [1.807, 2.05) is 0 Å². The molecule has 0 spiro atoms. The Balaban J connectivity index is 3.50. The molecular weight excluding hydrogens is 284 g/mol. The number of nitro groups is 1. The van der Waals surface area contributed by atoms with Crippen LogP contribution in [0.1, 0.15) is 38.1 Å². The molecule has 1 aromatic carbocycles. The van der Waals surface area contributed by atoms with Gasteiger partial charge in [0.1, 0.15) is 0 Å². The average Bonchev–Trinajstić information content (AvgIpc) is 2.28. The molecule has 1 rings (SSSR count). The molecule has 0 aliphatic heterocycles. The molecule has 0 saturated carbocycles. The maximum atomic E-state index is 12.3. The first-order valence-corrected chi connectivity index (χ1v) is 6.22. The number of hydrogen-bond acceptors (Lipinski definition) is 4. The molecule has 0 aliphatic carbocycles. The van der Waals surface area contributed by atoms with Crippen molar-refractivity contribution in [3.05, 3.63) is 32.8 Å². The topological polar surface area (TPSA) is 89.3 Å². The van der Waals surface area contributed by atoms with Gasteiger partial charge in [0.05, 0.1) is 15.6 Å². The second kappa shape index (κ2) is 5.58. The second-order valence-corrected chi connectivity index (χ2v) is 5.75. The fraction of sp³-hybridized carbons (Fsp3) is 0.385. The summed E-state index contributed by atoms with van der Waals surface area (Å²) in [7, 11) is 0. The van der Waals surface area contributed by atoms with E-state index in [1.54, 1.807) is 20.8 Å². The van der Waals surface area contributed by atoms with Crippen molar-refractivity contribution in [2.75, 3.05) is 5.32 Å². The molecule has 0 bridgehead atoms. The Kier molecular flexibility index (Phi) is 4.50. The lowest BCUT2D eigenvalue weighted by molar-refractivity contribution is -0.384. The van der Waals surface area contributed by atoms with Crippen LogP contribution < -0.4 is 5.32 Å². The van der Waals surface area contributed by atoms with E-state index in [0.717, 1.165) is 12.1 Å². The number of Topliss-reactive ketones (excluding diaryl/α,β-unsaturated/α-hetero) is 1. The van der Waals surface area contributed by atoms with Gasteiger partial charge in [0.2, 0.25) is 5.91 Å². The molecule has 7 heteroatoms. The lowest BCUT2D eigenvalue weighted by Gasteiger charge is -2.18. The molecule has 0 saturated heterocycles. The Morgan fingerprint density at radius 1 is 1.30 bits per heavy atom. The smallest absolute Gasteiger partial charge is 0.272 e. The van der Waals surface area contributed by atoms with Crippen LogP contribution in [0, 0.1) is 15.5 Å². The van der Waals surface area contributed by atoms with Crippen molar-refractivity contribution in [2.24, 2.45) is 5.41 Å². The highest BCUT2D eigenvalue weighted by molar-refractivity contribution is 6.37. The van der Waals surface area contributed by atoms with Gasteiger partial charge in [0.15, 0.2) is 5.78 Å². The average molecular weight is 299 g/mol. The summed E-state index contributed by atoms with van der Waals surface area (Å²) in [4.78, 5) is 33.7. The Labute approximate surface area is 121 Å². The van der Waals surface area contributed by atoms with Gasteiger partial charge in [-0.25, -0.2) is 0 Å². The largest absolute Gasteiger partial charge is 0.325 e. The lowest BCUT2D eigenvalue weighted by Crippen LogP contribution is -2.21. The first-order chi connectivity index (χ1) is 9.04. The third kappa shape index (κ3) is 3.54. The monoisotopic (exact) mass is 298 g/mol. The molecular formula is C13H15ClN2O4. The number of nitro benzene ring substituents is 1. The number of hydrogen-bond donors (Lipinski definition) is 1. The van der Waals surface area contributed by atoms with E-state index in [2.05, 4.69) is 5.32 Å². The molecule has 0 unspecified atom stereocenters. The molecule has 0 heterocycles. The van der Waals surface area contributed by atoms with Crippen molar-refractivity contribution in [3.63, 3.8) is 0 Å². The number of carbonyl (C=O) groups excluding carboxylic acids is 2. The van der Waals surface area contributed by atoms with Gasteiger partial charge >= 0.3 is 0 Å². The minimum atomic E-state index is -0.744. The number of nitrogens with zero attached hydrogens (tertiary/aromatic N) is 1. The summed E-state index contributed by atoms with van der Waals surface area (Å²) in [5.41, 5.74) is -0.962. The van der Waals surface area contributed by atoms with Crippen molar-refractivity contribution < 1.29 is 14.5 Å². The number of halogens is 1. The van der Waals surface area contributed by atoms with Gasteiger partial charge in [-0.15, -0.1) is 0 Å². The Hall–Kier alpha value is -1.95. The van der Waals surface area contributed by atoms with Crippen LogP contribution in [0.25, 0.3) is 0 Å². The summed E-state index contributed by atoms with van der Waals surface area (Å²) in [6.45, 7) is 6.30. The van der Waals surface area contributed by atoms with Crippen LogP contribution in [0.4, 0.5) is 11.4 Å². The molecule has 1 amide bonds. The summed E-state index contributed by atoms with van der Waals surface area (Å²) in [6, 6.07) is 2.25. The zero-order valence-electron chi connectivity index (χ0n) is 11.6. The second-order valence-electron chi connectivity index (χ2n) is 5.37. The number of anilines is 1. The van der Waals surface area contributed by atoms with E-state index in [9.17, 15) is 19.7 Å². The van der Waals surface area contributed by atoms with Gasteiger partial charge in [-0.05, 0) is 0 Å². The summed E-state index contributed by atoms with van der Waals surface area (Å²) in [5, 5.41) is 13.3. The normalized spacial score (nSPS) is 11.1. The van der Waals surface area contributed by atoms with Crippen LogP contribution >= 0.6 is 11.6 Å². The fourth-order valence-corrected chi connectivity index (χ4v) is 1.81. The molecule has 0 aliphatic rings. The van der Waals surface area contributed by atoms with Crippen LogP contribution in [0.2, 0.25) is 5.02 Å². The molecule has 6 nitrogen and oxygen atoms in total. The molecule has 0 fully saturated rings. The molecule has 0 aromatic heterocycles. The molecule has 1 N–H and O–H groups in total. The summed E-state index contributed by atoms with van der Waals surface area (Å²) >= 11 is 6.07.